The molecule has 1 unspecified atom stereocenters. The van der Waals surface area contributed by atoms with E-state index in [9.17, 15) is 0 Å². The Hall–Kier alpha value is -0.780. The number of hydrogen-bond acceptors (Lipinski definition) is 5. The number of aryl methyl sites for hydroxylation is 1. The summed E-state index contributed by atoms with van der Waals surface area (Å²) in [6.07, 6.45) is 0. The summed E-state index contributed by atoms with van der Waals surface area (Å²) in [5.41, 5.74) is 7.73. The first-order valence-corrected chi connectivity index (χ1v) is 6.74. The molecule has 0 spiro atoms. The molecular formula is C11H14N2OS2. The van der Waals surface area contributed by atoms with E-state index in [0.29, 0.717) is 0 Å². The van der Waals surface area contributed by atoms with Gasteiger partial charge in [0, 0.05) is 15.8 Å². The number of benzene rings is 1. The summed E-state index contributed by atoms with van der Waals surface area (Å²) in [4.78, 5) is 5.43. The highest BCUT2D eigenvalue weighted by atomic mass is 32.2. The van der Waals surface area contributed by atoms with Gasteiger partial charge in [-0.25, -0.2) is 4.98 Å². The predicted octanol–water partition coefficient (Wildman–Crippen LogP) is 2.66. The largest absolute Gasteiger partial charge is 0.398 e. The summed E-state index contributed by atoms with van der Waals surface area (Å²) >= 11 is 3.23. The number of nitrogens with two attached hydrogens (primary N) is 1. The van der Waals surface area contributed by atoms with Crippen LogP contribution < -0.4 is 5.73 Å². The lowest BCUT2D eigenvalue weighted by atomic mass is 10.3. The van der Waals surface area contributed by atoms with Gasteiger partial charge in [-0.2, -0.15) is 0 Å². The van der Waals surface area contributed by atoms with Crippen LogP contribution in [0.15, 0.2) is 17.0 Å². The highest BCUT2D eigenvalue weighted by molar-refractivity contribution is 8.00. The molecule has 3 N–H and O–H groups in total. The summed E-state index contributed by atoms with van der Waals surface area (Å²) < 4.78 is 1.12. The molecule has 0 aliphatic carbocycles. The molecule has 1 atom stereocenters. The second-order valence-electron chi connectivity index (χ2n) is 3.70. The number of aliphatic hydroxyl groups is 1. The van der Waals surface area contributed by atoms with Crippen LogP contribution in [0.1, 0.15) is 11.9 Å². The molecule has 0 saturated heterocycles. The molecule has 0 fully saturated rings. The van der Waals surface area contributed by atoms with Crippen molar-refractivity contribution in [3.8, 4) is 0 Å². The molecule has 0 aliphatic rings. The van der Waals surface area contributed by atoms with Gasteiger partial charge in [0.25, 0.3) is 0 Å². The lowest BCUT2D eigenvalue weighted by Gasteiger charge is -2.09. The molecular weight excluding hydrogens is 240 g/mol. The van der Waals surface area contributed by atoms with Gasteiger partial charge in [0.1, 0.15) is 0 Å². The first-order chi connectivity index (χ1) is 7.60. The molecule has 5 heteroatoms. The molecule has 0 aliphatic heterocycles. The zero-order valence-electron chi connectivity index (χ0n) is 9.23. The molecule has 0 radical (unpaired) electrons. The Morgan fingerprint density at radius 3 is 3.00 bits per heavy atom. The van der Waals surface area contributed by atoms with Crippen molar-refractivity contribution < 1.29 is 5.11 Å². The van der Waals surface area contributed by atoms with E-state index in [4.69, 9.17) is 10.8 Å². The Labute approximate surface area is 103 Å². The maximum absolute atomic E-state index is 9.03. The zero-order chi connectivity index (χ0) is 11.7. The number of rotatable bonds is 3. The highest BCUT2D eigenvalue weighted by Crippen LogP contribution is 2.34. The fraction of sp³-hybridized carbons (Fsp3) is 0.364. The van der Waals surface area contributed by atoms with E-state index >= 15 is 0 Å². The van der Waals surface area contributed by atoms with Gasteiger partial charge >= 0.3 is 0 Å². The summed E-state index contributed by atoms with van der Waals surface area (Å²) in [5.74, 6) is 0. The molecule has 2 aromatic rings. The van der Waals surface area contributed by atoms with Gasteiger partial charge in [-0.3, -0.25) is 0 Å². The molecule has 16 heavy (non-hydrogen) atoms. The maximum Gasteiger partial charge on any atom is 0.0907 e. The van der Waals surface area contributed by atoms with Crippen molar-refractivity contribution in [1.82, 2.24) is 4.98 Å². The summed E-state index contributed by atoms with van der Waals surface area (Å²) in [6.45, 7) is 4.11. The summed E-state index contributed by atoms with van der Waals surface area (Å²) in [5, 5.41) is 10.2. The Kier molecular flexibility index (Phi) is 3.37. The van der Waals surface area contributed by atoms with Crippen LogP contribution in [0.25, 0.3) is 10.2 Å². The van der Waals surface area contributed by atoms with Crippen LogP contribution in [0, 0.1) is 6.92 Å². The van der Waals surface area contributed by atoms with Crippen LogP contribution in [0.5, 0.6) is 0 Å². The SMILES string of the molecule is Cc1nc2cc(SC(C)CO)c(N)cc2s1. The first kappa shape index (κ1) is 11.7. The van der Waals surface area contributed by atoms with Crippen LogP contribution in [0.3, 0.4) is 0 Å². The molecule has 2 rings (SSSR count). The second kappa shape index (κ2) is 4.61. The number of aromatic nitrogens is 1. The van der Waals surface area contributed by atoms with Crippen LogP contribution in [0.2, 0.25) is 0 Å². The monoisotopic (exact) mass is 254 g/mol. The Bertz CT molecular complexity index is 510. The normalized spacial score (nSPS) is 13.2. The van der Waals surface area contributed by atoms with E-state index in [0.717, 1.165) is 25.8 Å². The Balaban J connectivity index is 2.41. The standard InChI is InChI=1S/C11H14N2OS2/c1-6(5-14)15-10-4-9-11(3-8(10)12)16-7(2)13-9/h3-4,6,14H,5,12H2,1-2H3. The van der Waals surface area contributed by atoms with Gasteiger partial charge in [-0.15, -0.1) is 23.1 Å². The van der Waals surface area contributed by atoms with E-state index in [1.807, 2.05) is 26.0 Å². The van der Waals surface area contributed by atoms with Gasteiger partial charge in [0.2, 0.25) is 0 Å². The number of nitrogen functional groups attached to an aromatic ring is 1. The third-order valence-corrected chi connectivity index (χ3v) is 4.30. The quantitative estimate of drug-likeness (QED) is 0.653. The third kappa shape index (κ3) is 2.31. The summed E-state index contributed by atoms with van der Waals surface area (Å²) in [6, 6.07) is 3.97. The van der Waals surface area contributed by atoms with Crippen molar-refractivity contribution in [2.75, 3.05) is 12.3 Å². The van der Waals surface area contributed by atoms with Crippen molar-refractivity contribution >= 4 is 39.0 Å². The average Bonchev–Trinajstić information content (AvgIpc) is 2.58. The number of thiazole rings is 1. The van der Waals surface area contributed by atoms with Crippen molar-refractivity contribution in [2.24, 2.45) is 0 Å². The maximum atomic E-state index is 9.03. The van der Waals surface area contributed by atoms with E-state index in [2.05, 4.69) is 4.98 Å². The van der Waals surface area contributed by atoms with E-state index in [1.165, 1.54) is 0 Å². The topological polar surface area (TPSA) is 59.1 Å². The van der Waals surface area contributed by atoms with Crippen molar-refractivity contribution in [1.29, 1.82) is 0 Å². The number of thioether (sulfide) groups is 1. The van der Waals surface area contributed by atoms with Crippen LogP contribution in [0.4, 0.5) is 5.69 Å². The Morgan fingerprint density at radius 2 is 2.31 bits per heavy atom. The average molecular weight is 254 g/mol. The van der Waals surface area contributed by atoms with Crippen molar-refractivity contribution in [2.45, 2.75) is 24.0 Å². The highest BCUT2D eigenvalue weighted by Gasteiger charge is 2.09. The molecule has 0 bridgehead atoms. The fourth-order valence-electron chi connectivity index (χ4n) is 1.44. The minimum atomic E-state index is 0.151. The van der Waals surface area contributed by atoms with Gasteiger partial charge in [0.15, 0.2) is 0 Å². The second-order valence-corrected chi connectivity index (χ2v) is 6.42. The molecule has 3 nitrogen and oxygen atoms in total. The molecule has 1 heterocycles. The molecule has 0 saturated carbocycles. The van der Waals surface area contributed by atoms with Gasteiger partial charge in [0.05, 0.1) is 21.8 Å². The smallest absolute Gasteiger partial charge is 0.0907 e. The number of fused-ring (bicyclic) bond motifs is 1. The molecule has 1 aromatic carbocycles. The number of anilines is 1. The van der Waals surface area contributed by atoms with E-state index in [1.54, 1.807) is 23.1 Å². The first-order valence-electron chi connectivity index (χ1n) is 5.04. The van der Waals surface area contributed by atoms with Crippen molar-refractivity contribution in [3.05, 3.63) is 17.1 Å². The predicted molar refractivity (Wildman–Crippen MR) is 71.2 cm³/mol. The van der Waals surface area contributed by atoms with Crippen molar-refractivity contribution in [3.63, 3.8) is 0 Å². The van der Waals surface area contributed by atoms with Crippen LogP contribution in [-0.4, -0.2) is 21.9 Å². The minimum Gasteiger partial charge on any atom is -0.398 e. The van der Waals surface area contributed by atoms with Gasteiger partial charge < -0.3 is 10.8 Å². The summed E-state index contributed by atoms with van der Waals surface area (Å²) in [7, 11) is 0. The number of aliphatic hydroxyl groups excluding tert-OH is 1. The lowest BCUT2D eigenvalue weighted by molar-refractivity contribution is 0.300. The minimum absolute atomic E-state index is 0.151. The fourth-order valence-corrected chi connectivity index (χ4v) is 3.18. The number of hydrogen-bond donors (Lipinski definition) is 2. The lowest BCUT2D eigenvalue weighted by Crippen LogP contribution is -2.02. The van der Waals surface area contributed by atoms with E-state index in [-0.39, 0.29) is 11.9 Å². The van der Waals surface area contributed by atoms with Gasteiger partial charge in [-0.05, 0) is 19.1 Å². The van der Waals surface area contributed by atoms with Crippen LogP contribution in [-0.2, 0) is 0 Å². The molecule has 1 aromatic heterocycles. The Morgan fingerprint density at radius 1 is 1.56 bits per heavy atom. The zero-order valence-corrected chi connectivity index (χ0v) is 10.9. The molecule has 86 valence electrons. The number of nitrogens with zero attached hydrogens (tertiary/aromatic N) is 1. The van der Waals surface area contributed by atoms with E-state index < -0.39 is 0 Å². The third-order valence-electron chi connectivity index (χ3n) is 2.21. The van der Waals surface area contributed by atoms with Crippen LogP contribution >= 0.6 is 23.1 Å². The van der Waals surface area contributed by atoms with Gasteiger partial charge in [-0.1, -0.05) is 6.92 Å². The molecule has 0 amide bonds.